The van der Waals surface area contributed by atoms with Crippen LogP contribution in [0.15, 0.2) is 18.2 Å². The van der Waals surface area contributed by atoms with Gasteiger partial charge in [-0.05, 0) is 56.6 Å². The van der Waals surface area contributed by atoms with Gasteiger partial charge in [0.2, 0.25) is 0 Å². The van der Waals surface area contributed by atoms with Crippen molar-refractivity contribution in [2.24, 2.45) is 0 Å². The predicted molar refractivity (Wildman–Crippen MR) is 64.4 cm³/mol. The summed E-state index contributed by atoms with van der Waals surface area (Å²) in [7, 11) is 0. The number of rotatable bonds is 7. The molecule has 0 fully saturated rings. The second kappa shape index (κ2) is 7.23. The van der Waals surface area contributed by atoms with E-state index in [0.717, 1.165) is 31.7 Å². The quantitative estimate of drug-likeness (QED) is 0.720. The molecule has 16 heavy (non-hydrogen) atoms. The highest BCUT2D eigenvalue weighted by Crippen LogP contribution is 2.16. The molecule has 1 aromatic rings. The molecular weight excluding hydrogens is 205 g/mol. The summed E-state index contributed by atoms with van der Waals surface area (Å²) in [5, 5.41) is 3.26. The molecule has 90 valence electrons. The van der Waals surface area contributed by atoms with E-state index in [2.05, 4.69) is 12.2 Å². The van der Waals surface area contributed by atoms with Crippen molar-refractivity contribution >= 4 is 0 Å². The fourth-order valence-corrected chi connectivity index (χ4v) is 1.43. The zero-order valence-electron chi connectivity index (χ0n) is 10.1. The molecule has 0 saturated heterocycles. The maximum atomic E-state index is 13.0. The Hall–Kier alpha value is -1.09. The second-order valence-corrected chi connectivity index (χ2v) is 3.82. The first kappa shape index (κ1) is 13.0. The molecule has 0 aliphatic rings. The van der Waals surface area contributed by atoms with Crippen LogP contribution in [0.5, 0.6) is 5.75 Å². The van der Waals surface area contributed by atoms with Gasteiger partial charge in [-0.1, -0.05) is 6.92 Å². The van der Waals surface area contributed by atoms with Crippen molar-refractivity contribution in [1.29, 1.82) is 0 Å². The fraction of sp³-hybridized carbons (Fsp3) is 0.538. The van der Waals surface area contributed by atoms with Crippen molar-refractivity contribution < 1.29 is 9.13 Å². The maximum Gasteiger partial charge on any atom is 0.126 e. The molecule has 0 bridgehead atoms. The Bertz CT molecular complexity index is 315. The van der Waals surface area contributed by atoms with Crippen LogP contribution in [0.25, 0.3) is 0 Å². The first-order chi connectivity index (χ1) is 7.74. The lowest BCUT2D eigenvalue weighted by atomic mass is 10.2. The van der Waals surface area contributed by atoms with Crippen LogP contribution in [0.2, 0.25) is 0 Å². The zero-order chi connectivity index (χ0) is 11.8. The molecule has 1 aromatic carbocycles. The molecule has 1 N–H and O–H groups in total. The largest absolute Gasteiger partial charge is 0.494 e. The van der Waals surface area contributed by atoms with Gasteiger partial charge in [0.05, 0.1) is 6.61 Å². The third kappa shape index (κ3) is 4.62. The minimum absolute atomic E-state index is 0.181. The number of aryl methyl sites for hydroxylation is 1. The Morgan fingerprint density at radius 2 is 2.12 bits per heavy atom. The number of halogens is 1. The van der Waals surface area contributed by atoms with E-state index in [0.29, 0.717) is 12.2 Å². The van der Waals surface area contributed by atoms with E-state index in [4.69, 9.17) is 4.74 Å². The van der Waals surface area contributed by atoms with Gasteiger partial charge >= 0.3 is 0 Å². The van der Waals surface area contributed by atoms with Crippen molar-refractivity contribution in [3.8, 4) is 5.75 Å². The number of hydrogen-bond donors (Lipinski definition) is 1. The van der Waals surface area contributed by atoms with Crippen LogP contribution in [0.3, 0.4) is 0 Å². The molecule has 2 nitrogen and oxygen atoms in total. The van der Waals surface area contributed by atoms with E-state index in [1.807, 2.05) is 0 Å². The van der Waals surface area contributed by atoms with Crippen molar-refractivity contribution in [2.75, 3.05) is 19.7 Å². The van der Waals surface area contributed by atoms with Gasteiger partial charge in [-0.3, -0.25) is 0 Å². The summed E-state index contributed by atoms with van der Waals surface area (Å²) in [6, 6.07) is 4.86. The van der Waals surface area contributed by atoms with Gasteiger partial charge in [0, 0.05) is 0 Å². The van der Waals surface area contributed by atoms with E-state index in [-0.39, 0.29) is 5.82 Å². The standard InChI is InChI=1S/C13H20FNO/c1-3-15-8-4-5-9-16-12-6-7-13(14)11(2)10-12/h6-7,10,15H,3-5,8-9H2,1-2H3. The number of unbranched alkanes of at least 4 members (excludes halogenated alkanes) is 1. The van der Waals surface area contributed by atoms with Gasteiger partial charge < -0.3 is 10.1 Å². The third-order valence-electron chi connectivity index (χ3n) is 2.40. The van der Waals surface area contributed by atoms with Crippen molar-refractivity contribution in [3.05, 3.63) is 29.6 Å². The third-order valence-corrected chi connectivity index (χ3v) is 2.40. The summed E-state index contributed by atoms with van der Waals surface area (Å²) in [6.45, 7) is 6.57. The van der Waals surface area contributed by atoms with E-state index < -0.39 is 0 Å². The van der Waals surface area contributed by atoms with Crippen molar-refractivity contribution in [1.82, 2.24) is 5.32 Å². The smallest absolute Gasteiger partial charge is 0.126 e. The summed E-state index contributed by atoms with van der Waals surface area (Å²) in [5.41, 5.74) is 0.630. The molecule has 0 unspecified atom stereocenters. The van der Waals surface area contributed by atoms with Crippen LogP contribution in [0.1, 0.15) is 25.3 Å². The maximum absolute atomic E-state index is 13.0. The number of hydrogen-bond acceptors (Lipinski definition) is 2. The molecule has 0 atom stereocenters. The fourth-order valence-electron chi connectivity index (χ4n) is 1.43. The first-order valence-electron chi connectivity index (χ1n) is 5.83. The van der Waals surface area contributed by atoms with Crippen LogP contribution < -0.4 is 10.1 Å². The van der Waals surface area contributed by atoms with Gasteiger partial charge in [-0.25, -0.2) is 4.39 Å². The summed E-state index contributed by atoms with van der Waals surface area (Å²) >= 11 is 0. The van der Waals surface area contributed by atoms with Crippen molar-refractivity contribution in [2.45, 2.75) is 26.7 Å². The summed E-state index contributed by atoms with van der Waals surface area (Å²) < 4.78 is 18.5. The average molecular weight is 225 g/mol. The summed E-state index contributed by atoms with van der Waals surface area (Å²) in [4.78, 5) is 0. The van der Waals surface area contributed by atoms with Crippen LogP contribution in [0, 0.1) is 12.7 Å². The molecule has 0 amide bonds. The Balaban J connectivity index is 2.19. The van der Waals surface area contributed by atoms with Gasteiger partial charge in [-0.15, -0.1) is 0 Å². The van der Waals surface area contributed by atoms with Crippen LogP contribution in [-0.2, 0) is 0 Å². The highest BCUT2D eigenvalue weighted by Gasteiger charge is 1.99. The van der Waals surface area contributed by atoms with Crippen LogP contribution >= 0.6 is 0 Å². The molecule has 0 spiro atoms. The van der Waals surface area contributed by atoms with E-state index in [9.17, 15) is 4.39 Å². The van der Waals surface area contributed by atoms with Crippen LogP contribution in [0.4, 0.5) is 4.39 Å². The minimum atomic E-state index is -0.181. The van der Waals surface area contributed by atoms with Gasteiger partial charge in [0.25, 0.3) is 0 Å². The van der Waals surface area contributed by atoms with Gasteiger partial charge in [0.15, 0.2) is 0 Å². The lowest BCUT2D eigenvalue weighted by Gasteiger charge is -2.07. The van der Waals surface area contributed by atoms with Crippen LogP contribution in [-0.4, -0.2) is 19.7 Å². The van der Waals surface area contributed by atoms with Gasteiger partial charge in [-0.2, -0.15) is 0 Å². The molecule has 0 heterocycles. The SMILES string of the molecule is CCNCCCCOc1ccc(F)c(C)c1. The Morgan fingerprint density at radius 3 is 2.81 bits per heavy atom. The highest BCUT2D eigenvalue weighted by atomic mass is 19.1. The van der Waals surface area contributed by atoms with Gasteiger partial charge in [0.1, 0.15) is 11.6 Å². The number of benzene rings is 1. The molecule has 0 saturated carbocycles. The lowest BCUT2D eigenvalue weighted by Crippen LogP contribution is -2.14. The van der Waals surface area contributed by atoms with E-state index in [1.54, 1.807) is 19.1 Å². The highest BCUT2D eigenvalue weighted by molar-refractivity contribution is 5.28. The molecule has 0 aliphatic carbocycles. The molecule has 0 aliphatic heterocycles. The summed E-state index contributed by atoms with van der Waals surface area (Å²) in [5.74, 6) is 0.571. The minimum Gasteiger partial charge on any atom is -0.494 e. The van der Waals surface area contributed by atoms with Crippen molar-refractivity contribution in [3.63, 3.8) is 0 Å². The Labute approximate surface area is 96.8 Å². The number of ether oxygens (including phenoxy) is 1. The average Bonchev–Trinajstić information content (AvgIpc) is 2.28. The normalized spacial score (nSPS) is 10.4. The topological polar surface area (TPSA) is 21.3 Å². The molecule has 0 aromatic heterocycles. The Morgan fingerprint density at radius 1 is 1.31 bits per heavy atom. The Kier molecular flexibility index (Phi) is 5.86. The first-order valence-corrected chi connectivity index (χ1v) is 5.83. The van der Waals surface area contributed by atoms with E-state index in [1.165, 1.54) is 6.07 Å². The monoisotopic (exact) mass is 225 g/mol. The molecule has 3 heteroatoms. The molecule has 0 radical (unpaired) electrons. The second-order valence-electron chi connectivity index (χ2n) is 3.82. The zero-order valence-corrected chi connectivity index (χ0v) is 10.1. The van der Waals surface area contributed by atoms with E-state index >= 15 is 0 Å². The lowest BCUT2D eigenvalue weighted by molar-refractivity contribution is 0.305. The molecule has 1 rings (SSSR count). The predicted octanol–water partition coefficient (Wildman–Crippen LogP) is 2.90. The summed E-state index contributed by atoms with van der Waals surface area (Å²) in [6.07, 6.45) is 2.12. The number of nitrogens with one attached hydrogen (secondary N) is 1. The molecular formula is C13H20FNO.